The molecule has 0 fully saturated rings. The van der Waals surface area contributed by atoms with Gasteiger partial charge in [-0.05, 0) is 48.6 Å². The van der Waals surface area contributed by atoms with Gasteiger partial charge in [0.1, 0.15) is 0 Å². The Balaban J connectivity index is 1.52. The Morgan fingerprint density at radius 3 is 2.56 bits per heavy atom. The number of aromatic amines is 1. The second-order valence-electron chi connectivity index (χ2n) is 6.41. The molecule has 0 saturated carbocycles. The van der Waals surface area contributed by atoms with Gasteiger partial charge in [0.25, 0.3) is 5.56 Å². The lowest BCUT2D eigenvalue weighted by molar-refractivity contribution is -0.124. The van der Waals surface area contributed by atoms with Crippen LogP contribution in [0.2, 0.25) is 0 Å². The first-order valence-electron chi connectivity index (χ1n) is 8.75. The molecule has 138 valence electrons. The van der Waals surface area contributed by atoms with E-state index in [1.807, 2.05) is 49.4 Å². The molecule has 0 radical (unpaired) electrons. The highest BCUT2D eigenvalue weighted by molar-refractivity contribution is 5.94. The van der Waals surface area contributed by atoms with Gasteiger partial charge in [0.15, 0.2) is 0 Å². The van der Waals surface area contributed by atoms with Crippen LogP contribution in [-0.4, -0.2) is 23.3 Å². The number of aryl methyl sites for hydroxylation is 2. The van der Waals surface area contributed by atoms with Crippen LogP contribution in [0.3, 0.4) is 0 Å². The maximum Gasteiger partial charge on any atom is 0.251 e. The molecule has 0 aliphatic heterocycles. The Labute approximate surface area is 156 Å². The molecule has 2 amide bonds. The standard InChI is InChI=1S/C21H21N3O3/c1-14-7-8-15-12-16(21(27)24-18(15)11-14)9-10-19(25)22-13-20(26)23-17-5-3-2-4-6-17/h2-8,11-12H,9-10,13H2,1H3,(H,22,25)(H,23,26)(H,24,27). The number of aromatic nitrogens is 1. The first kappa shape index (κ1) is 18.4. The molecule has 0 spiro atoms. The fraction of sp³-hybridized carbons (Fsp3) is 0.190. The summed E-state index contributed by atoms with van der Waals surface area (Å²) in [5, 5.41) is 6.20. The predicted octanol–water partition coefficient (Wildman–Crippen LogP) is 2.52. The van der Waals surface area contributed by atoms with E-state index >= 15 is 0 Å². The van der Waals surface area contributed by atoms with Gasteiger partial charge in [-0.25, -0.2) is 0 Å². The molecule has 3 rings (SSSR count). The smallest absolute Gasteiger partial charge is 0.251 e. The lowest BCUT2D eigenvalue weighted by atomic mass is 10.1. The van der Waals surface area contributed by atoms with Crippen molar-refractivity contribution in [3.05, 3.63) is 76.1 Å². The van der Waals surface area contributed by atoms with Crippen molar-refractivity contribution in [3.8, 4) is 0 Å². The van der Waals surface area contributed by atoms with Gasteiger partial charge in [-0.3, -0.25) is 14.4 Å². The topological polar surface area (TPSA) is 91.1 Å². The number of rotatable bonds is 6. The fourth-order valence-electron chi connectivity index (χ4n) is 2.79. The number of fused-ring (bicyclic) bond motifs is 1. The molecule has 27 heavy (non-hydrogen) atoms. The molecule has 6 nitrogen and oxygen atoms in total. The summed E-state index contributed by atoms with van der Waals surface area (Å²) in [5.74, 6) is -0.574. The van der Waals surface area contributed by atoms with E-state index in [1.54, 1.807) is 12.1 Å². The molecule has 0 aliphatic rings. The summed E-state index contributed by atoms with van der Waals surface area (Å²) in [7, 11) is 0. The normalized spacial score (nSPS) is 10.6. The number of benzene rings is 2. The van der Waals surface area contributed by atoms with Gasteiger partial charge in [-0.2, -0.15) is 0 Å². The number of H-pyrrole nitrogens is 1. The van der Waals surface area contributed by atoms with Crippen LogP contribution in [0.15, 0.2) is 59.4 Å². The number of hydrogen-bond acceptors (Lipinski definition) is 3. The van der Waals surface area contributed by atoms with Crippen LogP contribution < -0.4 is 16.2 Å². The summed E-state index contributed by atoms with van der Waals surface area (Å²) in [6.07, 6.45) is 0.449. The molecule has 6 heteroatoms. The summed E-state index contributed by atoms with van der Waals surface area (Å²) < 4.78 is 0. The fourth-order valence-corrected chi connectivity index (χ4v) is 2.79. The van der Waals surface area contributed by atoms with Gasteiger partial charge in [-0.1, -0.05) is 30.3 Å². The average Bonchev–Trinajstić information content (AvgIpc) is 2.65. The second kappa shape index (κ2) is 8.31. The molecular formula is C21H21N3O3. The lowest BCUT2D eigenvalue weighted by Crippen LogP contribution is -2.33. The quantitative estimate of drug-likeness (QED) is 0.628. The molecular weight excluding hydrogens is 342 g/mol. The average molecular weight is 363 g/mol. The van der Waals surface area contributed by atoms with Crippen LogP contribution in [-0.2, 0) is 16.0 Å². The van der Waals surface area contributed by atoms with Crippen molar-refractivity contribution in [2.75, 3.05) is 11.9 Å². The molecule has 0 unspecified atom stereocenters. The van der Waals surface area contributed by atoms with Crippen molar-refractivity contribution in [2.24, 2.45) is 0 Å². The number of hydrogen-bond donors (Lipinski definition) is 3. The van der Waals surface area contributed by atoms with E-state index in [1.165, 1.54) is 0 Å². The maximum absolute atomic E-state index is 12.2. The third-order valence-electron chi connectivity index (χ3n) is 4.20. The number of anilines is 1. The number of para-hydroxylation sites is 1. The third kappa shape index (κ3) is 5.04. The number of carbonyl (C=O) groups excluding carboxylic acids is 2. The zero-order valence-corrected chi connectivity index (χ0v) is 15.0. The monoisotopic (exact) mass is 363 g/mol. The van der Waals surface area contributed by atoms with Crippen LogP contribution in [0, 0.1) is 6.92 Å². The van der Waals surface area contributed by atoms with Gasteiger partial charge in [0.05, 0.1) is 6.54 Å². The molecule has 0 saturated heterocycles. The molecule has 1 heterocycles. The highest BCUT2D eigenvalue weighted by atomic mass is 16.2. The summed E-state index contributed by atoms with van der Waals surface area (Å²) in [4.78, 5) is 38.9. The Kier molecular flexibility index (Phi) is 5.66. The molecule has 0 aliphatic carbocycles. The van der Waals surface area contributed by atoms with E-state index < -0.39 is 0 Å². The number of pyridine rings is 1. The molecule has 3 N–H and O–H groups in total. The van der Waals surface area contributed by atoms with Crippen molar-refractivity contribution >= 4 is 28.4 Å². The van der Waals surface area contributed by atoms with Crippen LogP contribution in [0.25, 0.3) is 10.9 Å². The Bertz CT molecular complexity index is 1030. The van der Waals surface area contributed by atoms with E-state index in [-0.39, 0.29) is 30.3 Å². The summed E-state index contributed by atoms with van der Waals surface area (Å²) in [5.41, 5.74) is 2.89. The zero-order chi connectivity index (χ0) is 19.2. The SMILES string of the molecule is Cc1ccc2cc(CCC(=O)NCC(=O)Nc3ccccc3)c(=O)[nH]c2c1. The summed E-state index contributed by atoms with van der Waals surface area (Å²) in [6, 6.07) is 16.7. The van der Waals surface area contributed by atoms with Crippen molar-refractivity contribution in [3.63, 3.8) is 0 Å². The van der Waals surface area contributed by atoms with Crippen molar-refractivity contribution in [1.29, 1.82) is 0 Å². The summed E-state index contributed by atoms with van der Waals surface area (Å²) >= 11 is 0. The molecule has 2 aromatic carbocycles. The highest BCUT2D eigenvalue weighted by Gasteiger charge is 2.09. The van der Waals surface area contributed by atoms with Crippen LogP contribution in [0.5, 0.6) is 0 Å². The van der Waals surface area contributed by atoms with Crippen LogP contribution in [0.1, 0.15) is 17.5 Å². The predicted molar refractivity (Wildman–Crippen MR) is 106 cm³/mol. The number of carbonyl (C=O) groups is 2. The molecule has 0 atom stereocenters. The first-order chi connectivity index (χ1) is 13.0. The zero-order valence-electron chi connectivity index (χ0n) is 15.0. The van der Waals surface area contributed by atoms with Gasteiger partial charge >= 0.3 is 0 Å². The largest absolute Gasteiger partial charge is 0.347 e. The highest BCUT2D eigenvalue weighted by Crippen LogP contribution is 2.13. The van der Waals surface area contributed by atoms with Crippen molar-refractivity contribution in [2.45, 2.75) is 19.8 Å². The van der Waals surface area contributed by atoms with E-state index in [2.05, 4.69) is 15.6 Å². The van der Waals surface area contributed by atoms with E-state index in [0.29, 0.717) is 17.7 Å². The van der Waals surface area contributed by atoms with Gasteiger partial charge < -0.3 is 15.6 Å². The van der Waals surface area contributed by atoms with Crippen LogP contribution >= 0.6 is 0 Å². The minimum atomic E-state index is -0.298. The molecule has 1 aromatic heterocycles. The minimum absolute atomic E-state index is 0.110. The lowest BCUT2D eigenvalue weighted by Gasteiger charge is -2.07. The molecule has 3 aromatic rings. The third-order valence-corrected chi connectivity index (χ3v) is 4.20. The number of amides is 2. The van der Waals surface area contributed by atoms with Gasteiger partial charge in [0.2, 0.25) is 11.8 Å². The van der Waals surface area contributed by atoms with Gasteiger partial charge in [0, 0.05) is 23.2 Å². The maximum atomic E-state index is 12.2. The Hall–Kier alpha value is -3.41. The van der Waals surface area contributed by atoms with Crippen molar-refractivity contribution in [1.82, 2.24) is 10.3 Å². The van der Waals surface area contributed by atoms with E-state index in [4.69, 9.17) is 0 Å². The number of nitrogens with one attached hydrogen (secondary N) is 3. The molecule has 0 bridgehead atoms. The first-order valence-corrected chi connectivity index (χ1v) is 8.75. The second-order valence-corrected chi connectivity index (χ2v) is 6.41. The Morgan fingerprint density at radius 1 is 1.00 bits per heavy atom. The van der Waals surface area contributed by atoms with Gasteiger partial charge in [-0.15, -0.1) is 0 Å². The van der Waals surface area contributed by atoms with Crippen molar-refractivity contribution < 1.29 is 9.59 Å². The van der Waals surface area contributed by atoms with E-state index in [9.17, 15) is 14.4 Å². The Morgan fingerprint density at radius 2 is 1.78 bits per heavy atom. The summed E-state index contributed by atoms with van der Waals surface area (Å²) in [6.45, 7) is 1.85. The van der Waals surface area contributed by atoms with Crippen LogP contribution in [0.4, 0.5) is 5.69 Å². The minimum Gasteiger partial charge on any atom is -0.347 e. The van der Waals surface area contributed by atoms with E-state index in [0.717, 1.165) is 16.5 Å².